The van der Waals surface area contributed by atoms with Gasteiger partial charge in [-0.05, 0) is 49.8 Å². The number of aliphatic hydroxyl groups excluding tert-OH is 1. The van der Waals surface area contributed by atoms with E-state index in [1.165, 1.54) is 24.3 Å². The van der Waals surface area contributed by atoms with Crippen LogP contribution in [0.3, 0.4) is 0 Å². The fourth-order valence-corrected chi connectivity index (χ4v) is 3.86. The van der Waals surface area contributed by atoms with E-state index in [0.29, 0.717) is 18.4 Å². The third-order valence-corrected chi connectivity index (χ3v) is 5.74. The van der Waals surface area contributed by atoms with Crippen LogP contribution >= 0.6 is 0 Å². The highest BCUT2D eigenvalue weighted by atomic mass is 16.5. The molecular weight excluding hydrogens is 390 g/mol. The number of hydrogen-bond acceptors (Lipinski definition) is 4. The van der Waals surface area contributed by atoms with Gasteiger partial charge in [0.2, 0.25) is 5.91 Å². The third kappa shape index (κ3) is 6.08. The second kappa shape index (κ2) is 9.84. The van der Waals surface area contributed by atoms with Crippen LogP contribution in [0.25, 0.3) is 0 Å². The summed E-state index contributed by atoms with van der Waals surface area (Å²) >= 11 is 0. The van der Waals surface area contributed by atoms with Crippen molar-refractivity contribution >= 4 is 5.91 Å². The van der Waals surface area contributed by atoms with Gasteiger partial charge < -0.3 is 20.3 Å². The maximum atomic E-state index is 13.3. The Morgan fingerprint density at radius 1 is 1.16 bits per heavy atom. The van der Waals surface area contributed by atoms with Crippen LogP contribution in [0.15, 0.2) is 54.6 Å². The van der Waals surface area contributed by atoms with Crippen molar-refractivity contribution in [1.29, 1.82) is 0 Å². The predicted molar refractivity (Wildman–Crippen MR) is 122 cm³/mol. The van der Waals surface area contributed by atoms with Crippen LogP contribution in [0.2, 0.25) is 0 Å². The summed E-state index contributed by atoms with van der Waals surface area (Å²) in [4.78, 5) is 13.3. The predicted octanol–water partition coefficient (Wildman–Crippen LogP) is 4.35. The lowest BCUT2D eigenvalue weighted by molar-refractivity contribution is -0.126. The van der Waals surface area contributed by atoms with Crippen LogP contribution in [-0.2, 0) is 4.79 Å². The van der Waals surface area contributed by atoms with Crippen LogP contribution < -0.4 is 10.1 Å². The molecule has 0 heterocycles. The maximum absolute atomic E-state index is 13.3. The number of benzene rings is 2. The number of hydrogen-bond donors (Lipinski definition) is 3. The van der Waals surface area contributed by atoms with Gasteiger partial charge >= 0.3 is 0 Å². The Labute approximate surface area is 196 Å². The van der Waals surface area contributed by atoms with E-state index in [2.05, 4.69) is 5.32 Å². The van der Waals surface area contributed by atoms with E-state index in [-0.39, 0.29) is 11.3 Å². The number of carbonyl (C=O) groups excluding carboxylic acids is 1. The van der Waals surface area contributed by atoms with Gasteiger partial charge in [-0.15, -0.1) is 0 Å². The molecule has 1 amide bonds. The molecule has 1 saturated carbocycles. The average Bonchev–Trinajstić information content (AvgIpc) is 3.31. The topological polar surface area (TPSA) is 78.8 Å². The lowest BCUT2D eigenvalue weighted by atomic mass is 9.90. The standard InChI is InChI=1S/C26H35NO4/c1-25(2,30)23(27-24(29)22(17-28)19-9-5-4-6-10-19)20-11-13-21(14-12-20)31-18-26(3)15-7-8-16-26/h4-6,9-14,22-23,28,30H,7-8,15-18H2,1-3H3,(H,27,29)/t22-,23+/m0/s1/i1D3,2D3,18D2. The van der Waals surface area contributed by atoms with E-state index in [4.69, 9.17) is 15.7 Å². The van der Waals surface area contributed by atoms with Crippen molar-refractivity contribution in [3.05, 3.63) is 65.7 Å². The van der Waals surface area contributed by atoms with Crippen molar-refractivity contribution < 1.29 is 30.7 Å². The van der Waals surface area contributed by atoms with E-state index in [0.717, 1.165) is 12.8 Å². The second-order valence-electron chi connectivity index (χ2n) is 8.39. The molecule has 0 aliphatic heterocycles. The van der Waals surface area contributed by atoms with E-state index >= 15 is 0 Å². The molecule has 2 aromatic rings. The number of carbonyl (C=O) groups is 1. The van der Waals surface area contributed by atoms with Crippen LogP contribution in [-0.4, -0.2) is 34.9 Å². The molecule has 0 bridgehead atoms. The van der Waals surface area contributed by atoms with Crippen LogP contribution in [0.4, 0.5) is 0 Å². The summed E-state index contributed by atoms with van der Waals surface area (Å²) < 4.78 is 70.1. The zero-order valence-electron chi connectivity index (χ0n) is 25.6. The van der Waals surface area contributed by atoms with Crippen LogP contribution in [0, 0.1) is 5.41 Å². The second-order valence-corrected chi connectivity index (χ2v) is 8.39. The van der Waals surface area contributed by atoms with Crippen molar-refractivity contribution in [3.63, 3.8) is 0 Å². The minimum Gasteiger partial charge on any atom is -0.493 e. The Balaban J connectivity index is 2.00. The van der Waals surface area contributed by atoms with Gasteiger partial charge in [-0.1, -0.05) is 62.2 Å². The zero-order valence-corrected chi connectivity index (χ0v) is 17.6. The minimum absolute atomic E-state index is 0.0529. The van der Waals surface area contributed by atoms with Gasteiger partial charge in [0.1, 0.15) is 5.75 Å². The molecular formula is C26H35NO4. The molecule has 0 radical (unpaired) electrons. The first-order chi connectivity index (χ1) is 18.0. The van der Waals surface area contributed by atoms with Gasteiger partial charge in [0.15, 0.2) is 0 Å². The lowest BCUT2D eigenvalue weighted by Gasteiger charge is -2.32. The first kappa shape index (κ1) is 14.6. The summed E-state index contributed by atoms with van der Waals surface area (Å²) in [6.45, 7) is -7.75. The van der Waals surface area contributed by atoms with Gasteiger partial charge in [-0.2, -0.15) is 0 Å². The Hall–Kier alpha value is -2.37. The summed E-state index contributed by atoms with van der Waals surface area (Å²) in [6.07, 6.45) is 3.09. The van der Waals surface area contributed by atoms with Crippen molar-refractivity contribution in [3.8, 4) is 5.75 Å². The third-order valence-electron chi connectivity index (χ3n) is 5.74. The van der Waals surface area contributed by atoms with Gasteiger partial charge in [-0.25, -0.2) is 0 Å². The highest BCUT2D eigenvalue weighted by molar-refractivity contribution is 5.84. The van der Waals surface area contributed by atoms with Gasteiger partial charge in [0.05, 0.1) is 33.5 Å². The fraction of sp³-hybridized carbons (Fsp3) is 0.500. The first-order valence-electron chi connectivity index (χ1n) is 14.4. The first-order valence-corrected chi connectivity index (χ1v) is 10.4. The van der Waals surface area contributed by atoms with Crippen LogP contribution in [0.5, 0.6) is 5.75 Å². The van der Waals surface area contributed by atoms with E-state index in [9.17, 15) is 15.0 Å². The number of ether oxygens (including phenoxy) is 1. The minimum atomic E-state index is -3.46. The SMILES string of the molecule is [2H]C([2H])([2H])C(O)([C@H](NC(=O)[C@@H](CO)c1ccccc1)c1ccc(OC([2H])([2H])C2(C)CCCC2)cc1)C([2H])([2H])[2H]. The molecule has 5 heteroatoms. The molecule has 0 spiro atoms. The molecule has 31 heavy (non-hydrogen) atoms. The molecule has 168 valence electrons. The lowest BCUT2D eigenvalue weighted by Crippen LogP contribution is -2.44. The molecule has 0 saturated heterocycles. The molecule has 3 rings (SSSR count). The maximum Gasteiger partial charge on any atom is 0.230 e. The molecule has 2 atom stereocenters. The van der Waals surface area contributed by atoms with Crippen molar-refractivity contribution in [1.82, 2.24) is 5.32 Å². The normalized spacial score (nSPS) is 22.8. The summed E-state index contributed by atoms with van der Waals surface area (Å²) in [5, 5.41) is 23.6. The van der Waals surface area contributed by atoms with Gasteiger partial charge in [0, 0.05) is 13.6 Å². The quantitative estimate of drug-likeness (QED) is 0.549. The molecule has 1 fully saturated rings. The highest BCUT2D eigenvalue weighted by Gasteiger charge is 2.33. The molecule has 0 unspecified atom stereocenters. The molecule has 1 aliphatic carbocycles. The Morgan fingerprint density at radius 3 is 2.39 bits per heavy atom. The molecule has 2 aromatic carbocycles. The number of rotatable bonds is 9. The summed E-state index contributed by atoms with van der Waals surface area (Å²) in [5.41, 5.74) is -3.74. The van der Waals surface area contributed by atoms with E-state index < -0.39 is 55.8 Å². The summed E-state index contributed by atoms with van der Waals surface area (Å²) in [6, 6.07) is 11.5. The number of nitrogens with one attached hydrogen (secondary N) is 1. The molecule has 5 nitrogen and oxygen atoms in total. The Kier molecular flexibility index (Phi) is 4.65. The van der Waals surface area contributed by atoms with Gasteiger partial charge in [-0.3, -0.25) is 4.79 Å². The van der Waals surface area contributed by atoms with Crippen molar-refractivity contribution in [2.45, 2.75) is 63.9 Å². The molecule has 1 aliphatic rings. The summed E-state index contributed by atoms with van der Waals surface area (Å²) in [7, 11) is 0. The average molecular weight is 434 g/mol. The van der Waals surface area contributed by atoms with Gasteiger partial charge in [0.25, 0.3) is 0 Å². The monoisotopic (exact) mass is 433 g/mol. The number of amides is 1. The van der Waals surface area contributed by atoms with Crippen molar-refractivity contribution in [2.75, 3.05) is 13.2 Å². The van der Waals surface area contributed by atoms with Crippen molar-refractivity contribution in [2.24, 2.45) is 5.41 Å². The Morgan fingerprint density at radius 2 is 1.81 bits per heavy atom. The largest absolute Gasteiger partial charge is 0.493 e. The number of aliphatic hydroxyl groups is 2. The van der Waals surface area contributed by atoms with E-state index in [1.807, 2.05) is 6.92 Å². The van der Waals surface area contributed by atoms with E-state index in [1.54, 1.807) is 30.3 Å². The molecule has 3 N–H and O–H groups in total. The highest BCUT2D eigenvalue weighted by Crippen LogP contribution is 2.38. The smallest absolute Gasteiger partial charge is 0.230 e. The molecule has 0 aromatic heterocycles. The Bertz CT molecular complexity index is 1100. The van der Waals surface area contributed by atoms with Crippen LogP contribution in [0.1, 0.15) is 80.4 Å². The zero-order chi connectivity index (χ0) is 29.3. The fourth-order valence-electron chi connectivity index (χ4n) is 3.86. The summed E-state index contributed by atoms with van der Waals surface area (Å²) in [5.74, 6) is -1.93.